The maximum atomic E-state index is 10.0. The van der Waals surface area contributed by atoms with E-state index in [1.165, 1.54) is 24.3 Å². The van der Waals surface area contributed by atoms with Crippen LogP contribution in [-0.4, -0.2) is 12.5 Å². The molecule has 0 fully saturated rings. The van der Waals surface area contributed by atoms with E-state index in [0.29, 0.717) is 0 Å². The zero-order valence-corrected chi connectivity index (χ0v) is 5.36. The third kappa shape index (κ3) is 6.55. The van der Waals surface area contributed by atoms with Crippen LogP contribution in [0.3, 0.4) is 0 Å². The van der Waals surface area contributed by atoms with Crippen LogP contribution < -0.4 is 5.73 Å². The molecule has 10 heavy (non-hydrogen) atoms. The number of nitrogens with zero attached hydrogens (tertiary/aromatic N) is 1. The summed E-state index contributed by atoms with van der Waals surface area (Å²) in [6, 6.07) is 0. The Morgan fingerprint density at radius 1 is 1.50 bits per heavy atom. The van der Waals surface area contributed by atoms with E-state index in [2.05, 4.69) is 5.18 Å². The fourth-order valence-electron chi connectivity index (χ4n) is 0.333. The maximum Gasteiger partial charge on any atom is 0.241 e. The second kappa shape index (κ2) is 5.68. The van der Waals surface area contributed by atoms with Crippen LogP contribution in [0.1, 0.15) is 0 Å². The van der Waals surface area contributed by atoms with Crippen molar-refractivity contribution in [3.8, 4) is 0 Å². The quantitative estimate of drug-likeness (QED) is 0.347. The van der Waals surface area contributed by atoms with Crippen molar-refractivity contribution in [3.05, 3.63) is 29.2 Å². The molecular weight excluding hydrogens is 132 g/mol. The van der Waals surface area contributed by atoms with Gasteiger partial charge in [-0.15, -0.1) is 0 Å². The summed E-state index contributed by atoms with van der Waals surface area (Å²) in [5, 5.41) is 2.57. The van der Waals surface area contributed by atoms with Gasteiger partial charge in [-0.25, -0.2) is 0 Å². The van der Waals surface area contributed by atoms with E-state index in [-0.39, 0.29) is 6.54 Å². The Balaban J connectivity index is 3.51. The van der Waals surface area contributed by atoms with E-state index in [0.717, 1.165) is 0 Å². The van der Waals surface area contributed by atoms with Gasteiger partial charge >= 0.3 is 0 Å². The number of carbonyl (C=O) groups is 1. The van der Waals surface area contributed by atoms with Crippen LogP contribution >= 0.6 is 0 Å². The number of hydrogen-bond donors (Lipinski definition) is 1. The molecule has 0 bridgehead atoms. The van der Waals surface area contributed by atoms with Crippen molar-refractivity contribution in [3.63, 3.8) is 0 Å². The molecule has 0 rings (SSSR count). The van der Waals surface area contributed by atoms with Crippen LogP contribution in [0.15, 0.2) is 29.5 Å². The number of allylic oxidation sites excluding steroid dienone is 2. The molecule has 0 aromatic rings. The molecule has 54 valence electrons. The molecule has 0 saturated carbocycles. The normalized spacial score (nSPS) is 10.8. The van der Waals surface area contributed by atoms with E-state index in [9.17, 15) is 9.70 Å². The van der Waals surface area contributed by atoms with Crippen LogP contribution in [0.2, 0.25) is 0 Å². The number of hydrogen-bond acceptors (Lipinski definition) is 3. The number of primary amides is 1. The zero-order valence-electron chi connectivity index (χ0n) is 5.36. The third-order valence-electron chi connectivity index (χ3n) is 0.688. The van der Waals surface area contributed by atoms with Gasteiger partial charge in [0.1, 0.15) is 0 Å². The summed E-state index contributed by atoms with van der Waals surface area (Å²) in [6.07, 6.45) is 5.70. The number of rotatable bonds is 4. The lowest BCUT2D eigenvalue weighted by Crippen LogP contribution is -2.04. The average Bonchev–Trinajstić information content (AvgIpc) is 1.87. The first-order valence-corrected chi connectivity index (χ1v) is 2.69. The minimum Gasteiger partial charge on any atom is -0.366 e. The predicted molar refractivity (Wildman–Crippen MR) is 38.1 cm³/mol. The molecule has 0 saturated heterocycles. The van der Waals surface area contributed by atoms with E-state index in [4.69, 9.17) is 5.73 Å². The molecule has 0 heterocycles. The van der Waals surface area contributed by atoms with Gasteiger partial charge in [0.2, 0.25) is 5.91 Å². The minimum absolute atomic E-state index is 0.114. The van der Waals surface area contributed by atoms with Gasteiger partial charge in [-0.3, -0.25) is 4.79 Å². The number of nitrogens with two attached hydrogens (primary N) is 1. The Morgan fingerprint density at radius 2 is 2.20 bits per heavy atom. The summed E-state index contributed by atoms with van der Waals surface area (Å²) in [6.45, 7) is 0.114. The van der Waals surface area contributed by atoms with Crippen molar-refractivity contribution in [2.24, 2.45) is 10.9 Å². The molecular formula is C6H8N2O2. The van der Waals surface area contributed by atoms with Crippen LogP contribution in [0.4, 0.5) is 0 Å². The average molecular weight is 140 g/mol. The largest absolute Gasteiger partial charge is 0.366 e. The van der Waals surface area contributed by atoms with E-state index < -0.39 is 5.91 Å². The highest BCUT2D eigenvalue weighted by molar-refractivity contribution is 5.85. The molecule has 0 atom stereocenters. The summed E-state index contributed by atoms with van der Waals surface area (Å²) >= 11 is 0. The maximum absolute atomic E-state index is 10.0. The van der Waals surface area contributed by atoms with E-state index in [1.54, 1.807) is 0 Å². The topological polar surface area (TPSA) is 72.5 Å². The molecule has 0 spiro atoms. The lowest BCUT2D eigenvalue weighted by atomic mass is 10.4. The first-order valence-electron chi connectivity index (χ1n) is 2.69. The minimum atomic E-state index is -0.510. The smallest absolute Gasteiger partial charge is 0.241 e. The molecule has 0 aliphatic rings. The van der Waals surface area contributed by atoms with Gasteiger partial charge in [0, 0.05) is 6.08 Å². The summed E-state index contributed by atoms with van der Waals surface area (Å²) < 4.78 is 0. The van der Waals surface area contributed by atoms with Crippen LogP contribution in [0.5, 0.6) is 0 Å². The molecule has 0 aromatic carbocycles. The van der Waals surface area contributed by atoms with Crippen molar-refractivity contribution in [1.82, 2.24) is 0 Å². The summed E-state index contributed by atoms with van der Waals surface area (Å²) in [5.74, 6) is -0.510. The lowest BCUT2D eigenvalue weighted by Gasteiger charge is -1.75. The van der Waals surface area contributed by atoms with E-state index >= 15 is 0 Å². The number of amides is 1. The van der Waals surface area contributed by atoms with Crippen LogP contribution in [0.25, 0.3) is 0 Å². The molecule has 4 nitrogen and oxygen atoms in total. The lowest BCUT2D eigenvalue weighted by molar-refractivity contribution is -0.113. The van der Waals surface area contributed by atoms with Gasteiger partial charge < -0.3 is 5.73 Å². The Labute approximate surface area is 58.4 Å². The summed E-state index contributed by atoms with van der Waals surface area (Å²) in [4.78, 5) is 19.5. The fourth-order valence-corrected chi connectivity index (χ4v) is 0.333. The molecule has 0 aliphatic heterocycles. The van der Waals surface area contributed by atoms with E-state index in [1.807, 2.05) is 0 Å². The van der Waals surface area contributed by atoms with Crippen molar-refractivity contribution >= 4 is 5.91 Å². The SMILES string of the molecule is NC(=O)/C=C/C=C\CN=O. The van der Waals surface area contributed by atoms with Gasteiger partial charge in [0.15, 0.2) is 0 Å². The molecule has 1 amide bonds. The summed E-state index contributed by atoms with van der Waals surface area (Å²) in [5.41, 5.74) is 4.76. The van der Waals surface area contributed by atoms with Crippen LogP contribution in [-0.2, 0) is 4.79 Å². The van der Waals surface area contributed by atoms with Gasteiger partial charge in [0.05, 0.1) is 6.54 Å². The zero-order chi connectivity index (χ0) is 7.82. The molecule has 0 unspecified atom stereocenters. The Kier molecular flexibility index (Phi) is 4.86. The molecule has 2 N–H and O–H groups in total. The fraction of sp³-hybridized carbons (Fsp3) is 0.167. The second-order valence-corrected chi connectivity index (χ2v) is 1.50. The number of nitroso groups, excluding NO2 is 1. The van der Waals surface area contributed by atoms with Crippen molar-refractivity contribution < 1.29 is 4.79 Å². The van der Waals surface area contributed by atoms with Gasteiger partial charge in [0.25, 0.3) is 0 Å². The van der Waals surface area contributed by atoms with Crippen molar-refractivity contribution in [2.75, 3.05) is 6.54 Å². The Hall–Kier alpha value is -1.45. The van der Waals surface area contributed by atoms with Gasteiger partial charge in [-0.1, -0.05) is 23.4 Å². The Morgan fingerprint density at radius 3 is 2.70 bits per heavy atom. The van der Waals surface area contributed by atoms with Crippen LogP contribution in [0, 0.1) is 4.91 Å². The van der Waals surface area contributed by atoms with Crippen molar-refractivity contribution in [2.45, 2.75) is 0 Å². The standard InChI is InChI=1S/C6H8N2O2/c7-6(9)4-2-1-3-5-8-10/h1-4H,5H2,(H2,7,9)/b3-1-,4-2+. The highest BCUT2D eigenvalue weighted by Gasteiger charge is 1.76. The second-order valence-electron chi connectivity index (χ2n) is 1.50. The van der Waals surface area contributed by atoms with Gasteiger partial charge in [-0.05, 0) is 0 Å². The molecule has 4 heteroatoms. The predicted octanol–water partition coefficient (Wildman–Crippen LogP) is 0.351. The highest BCUT2D eigenvalue weighted by Crippen LogP contribution is 1.77. The highest BCUT2D eigenvalue weighted by atomic mass is 16.3. The third-order valence-corrected chi connectivity index (χ3v) is 0.688. The first kappa shape index (κ1) is 8.55. The Bertz CT molecular complexity index is 173. The first-order chi connectivity index (χ1) is 4.77. The van der Waals surface area contributed by atoms with Gasteiger partial charge in [-0.2, -0.15) is 4.91 Å². The number of carbonyl (C=O) groups excluding carboxylic acids is 1. The van der Waals surface area contributed by atoms with Crippen molar-refractivity contribution in [1.29, 1.82) is 0 Å². The summed E-state index contributed by atoms with van der Waals surface area (Å²) in [7, 11) is 0. The molecule has 0 aliphatic carbocycles. The monoisotopic (exact) mass is 140 g/mol. The molecule has 0 radical (unpaired) electrons. The molecule has 0 aromatic heterocycles.